The Morgan fingerprint density at radius 1 is 1.30 bits per heavy atom. The van der Waals surface area contributed by atoms with Crippen LogP contribution in [-0.2, 0) is 0 Å². The Labute approximate surface area is 163 Å². The zero-order valence-corrected chi connectivity index (χ0v) is 15.8. The van der Waals surface area contributed by atoms with Gasteiger partial charge >= 0.3 is 0 Å². The van der Waals surface area contributed by atoms with E-state index in [0.717, 1.165) is 31.5 Å². The number of oxazole rings is 1. The lowest BCUT2D eigenvalue weighted by atomic mass is 10.1. The van der Waals surface area contributed by atoms with E-state index >= 15 is 0 Å². The Morgan fingerprint density at radius 3 is 2.78 bits per heavy atom. The fraction of sp³-hybridized carbons (Fsp3) is 0.316. The molecule has 0 aliphatic carbocycles. The second-order valence-corrected chi connectivity index (χ2v) is 6.46. The van der Waals surface area contributed by atoms with Crippen molar-refractivity contribution in [3.8, 4) is 11.3 Å². The van der Waals surface area contributed by atoms with E-state index in [2.05, 4.69) is 20.7 Å². The molecule has 0 bridgehead atoms. The maximum Gasteiger partial charge on any atom is 0.276 e. The summed E-state index contributed by atoms with van der Waals surface area (Å²) in [6, 6.07) is 9.54. The second kappa shape index (κ2) is 8.37. The van der Waals surface area contributed by atoms with E-state index in [1.807, 2.05) is 35.1 Å². The monoisotopic (exact) mass is 387 g/mol. The Balaban J connectivity index is 0.00000210. The molecular weight excluding hydrogens is 366 g/mol. The van der Waals surface area contributed by atoms with Crippen molar-refractivity contribution in [2.24, 2.45) is 0 Å². The number of aromatic nitrogens is 3. The molecule has 4 rings (SSSR count). The van der Waals surface area contributed by atoms with Crippen LogP contribution in [0.3, 0.4) is 0 Å². The van der Waals surface area contributed by atoms with Crippen molar-refractivity contribution in [2.45, 2.75) is 25.8 Å². The molecule has 0 radical (unpaired) electrons. The molecular formula is C19H22ClN5O2. The lowest BCUT2D eigenvalue weighted by Gasteiger charge is -2.22. The Morgan fingerprint density at radius 2 is 2.11 bits per heavy atom. The van der Waals surface area contributed by atoms with Crippen LogP contribution in [0.5, 0.6) is 0 Å². The highest BCUT2D eigenvalue weighted by molar-refractivity contribution is 6.02. The number of nitrogens with zero attached hydrogens (tertiary/aromatic N) is 3. The van der Waals surface area contributed by atoms with Gasteiger partial charge in [0.25, 0.3) is 5.91 Å². The van der Waals surface area contributed by atoms with Crippen molar-refractivity contribution in [1.82, 2.24) is 20.1 Å². The summed E-state index contributed by atoms with van der Waals surface area (Å²) >= 11 is 0. The molecule has 7 nitrogen and oxygen atoms in total. The van der Waals surface area contributed by atoms with E-state index in [1.54, 1.807) is 19.2 Å². The molecule has 2 aromatic heterocycles. The SMILES string of the molecule is Cc1ncc(-c2ccc(NC(=O)c3ccn(C4CCCNC4)n3)cc2)o1.Cl. The molecule has 2 N–H and O–H groups in total. The number of amides is 1. The van der Waals surface area contributed by atoms with Gasteiger partial charge in [0.2, 0.25) is 0 Å². The molecule has 3 heterocycles. The minimum atomic E-state index is -0.212. The zero-order chi connectivity index (χ0) is 17.9. The van der Waals surface area contributed by atoms with Gasteiger partial charge in [0.05, 0.1) is 12.2 Å². The van der Waals surface area contributed by atoms with Gasteiger partial charge in [-0.15, -0.1) is 12.4 Å². The van der Waals surface area contributed by atoms with E-state index in [1.165, 1.54) is 0 Å². The first-order valence-corrected chi connectivity index (χ1v) is 8.79. The average Bonchev–Trinajstić information content (AvgIpc) is 3.32. The van der Waals surface area contributed by atoms with E-state index in [0.29, 0.717) is 29.1 Å². The van der Waals surface area contributed by atoms with Crippen molar-refractivity contribution in [2.75, 3.05) is 18.4 Å². The number of nitrogens with one attached hydrogen (secondary N) is 2. The van der Waals surface area contributed by atoms with Gasteiger partial charge in [0.15, 0.2) is 17.3 Å². The van der Waals surface area contributed by atoms with Crippen LogP contribution in [-0.4, -0.2) is 33.8 Å². The smallest absolute Gasteiger partial charge is 0.276 e. The molecule has 1 aliphatic rings. The Hall–Kier alpha value is -2.64. The first-order chi connectivity index (χ1) is 12.7. The van der Waals surface area contributed by atoms with Crippen molar-refractivity contribution < 1.29 is 9.21 Å². The number of anilines is 1. The topological polar surface area (TPSA) is 85.0 Å². The third kappa shape index (κ3) is 4.37. The molecule has 1 aliphatic heterocycles. The lowest BCUT2D eigenvalue weighted by molar-refractivity contribution is 0.102. The number of rotatable bonds is 4. The van der Waals surface area contributed by atoms with Gasteiger partial charge in [0, 0.05) is 30.9 Å². The van der Waals surface area contributed by atoms with Crippen molar-refractivity contribution in [3.63, 3.8) is 0 Å². The van der Waals surface area contributed by atoms with Crippen molar-refractivity contribution in [1.29, 1.82) is 0 Å². The lowest BCUT2D eigenvalue weighted by Crippen LogP contribution is -2.32. The van der Waals surface area contributed by atoms with Crippen LogP contribution in [0.2, 0.25) is 0 Å². The van der Waals surface area contributed by atoms with Crippen LogP contribution in [0.4, 0.5) is 5.69 Å². The van der Waals surface area contributed by atoms with Crippen LogP contribution in [0, 0.1) is 6.92 Å². The quantitative estimate of drug-likeness (QED) is 0.716. The molecule has 1 saturated heterocycles. The molecule has 1 fully saturated rings. The predicted octanol–water partition coefficient (Wildman–Crippen LogP) is 3.45. The fourth-order valence-electron chi connectivity index (χ4n) is 3.13. The minimum Gasteiger partial charge on any atom is -0.441 e. The van der Waals surface area contributed by atoms with Crippen LogP contribution in [0.15, 0.2) is 47.1 Å². The summed E-state index contributed by atoms with van der Waals surface area (Å²) in [7, 11) is 0. The highest BCUT2D eigenvalue weighted by atomic mass is 35.5. The van der Waals surface area contributed by atoms with Gasteiger partial charge in [-0.05, 0) is 49.7 Å². The normalized spacial score (nSPS) is 16.6. The molecule has 27 heavy (non-hydrogen) atoms. The zero-order valence-electron chi connectivity index (χ0n) is 15.0. The molecule has 0 spiro atoms. The van der Waals surface area contributed by atoms with E-state index in [-0.39, 0.29) is 18.3 Å². The summed E-state index contributed by atoms with van der Waals surface area (Å²) in [4.78, 5) is 16.5. The Bertz CT molecular complexity index is 897. The summed E-state index contributed by atoms with van der Waals surface area (Å²) in [5.41, 5.74) is 2.05. The summed E-state index contributed by atoms with van der Waals surface area (Å²) in [5, 5.41) is 10.7. The van der Waals surface area contributed by atoms with E-state index < -0.39 is 0 Å². The van der Waals surface area contributed by atoms with Gasteiger partial charge < -0.3 is 15.1 Å². The van der Waals surface area contributed by atoms with Gasteiger partial charge in [-0.2, -0.15) is 5.10 Å². The van der Waals surface area contributed by atoms with Crippen LogP contribution < -0.4 is 10.6 Å². The molecule has 1 aromatic carbocycles. The third-order valence-electron chi connectivity index (χ3n) is 4.53. The average molecular weight is 388 g/mol. The highest BCUT2D eigenvalue weighted by Crippen LogP contribution is 2.22. The summed E-state index contributed by atoms with van der Waals surface area (Å²) in [5.74, 6) is 1.12. The minimum absolute atomic E-state index is 0. The number of carbonyl (C=O) groups is 1. The highest BCUT2D eigenvalue weighted by Gasteiger charge is 2.17. The number of aryl methyl sites for hydroxylation is 1. The molecule has 1 atom stereocenters. The Kier molecular flexibility index (Phi) is 5.93. The molecule has 3 aromatic rings. The first-order valence-electron chi connectivity index (χ1n) is 8.79. The van der Waals surface area contributed by atoms with Gasteiger partial charge in [0.1, 0.15) is 0 Å². The number of halogens is 1. The van der Waals surface area contributed by atoms with Crippen molar-refractivity contribution in [3.05, 3.63) is 54.3 Å². The van der Waals surface area contributed by atoms with Gasteiger partial charge in [-0.25, -0.2) is 4.98 Å². The van der Waals surface area contributed by atoms with Gasteiger partial charge in [-0.3, -0.25) is 9.48 Å². The van der Waals surface area contributed by atoms with Gasteiger partial charge in [-0.1, -0.05) is 0 Å². The number of benzene rings is 1. The summed E-state index contributed by atoms with van der Waals surface area (Å²) < 4.78 is 7.39. The number of hydrogen-bond donors (Lipinski definition) is 2. The largest absolute Gasteiger partial charge is 0.441 e. The molecule has 1 amide bonds. The first kappa shape index (κ1) is 19.1. The summed E-state index contributed by atoms with van der Waals surface area (Å²) in [6.07, 6.45) is 5.78. The van der Waals surface area contributed by atoms with E-state index in [4.69, 9.17) is 4.42 Å². The molecule has 1 unspecified atom stereocenters. The maximum absolute atomic E-state index is 12.4. The van der Waals surface area contributed by atoms with Crippen molar-refractivity contribution >= 4 is 24.0 Å². The molecule has 0 saturated carbocycles. The number of piperidine rings is 1. The summed E-state index contributed by atoms with van der Waals surface area (Å²) in [6.45, 7) is 3.75. The molecule has 8 heteroatoms. The number of hydrogen-bond acceptors (Lipinski definition) is 5. The van der Waals surface area contributed by atoms with Crippen LogP contribution in [0.25, 0.3) is 11.3 Å². The standard InChI is InChI=1S/C19H21N5O2.ClH/c1-13-21-12-18(26-13)14-4-6-15(7-5-14)22-19(25)17-8-10-24(23-17)16-3-2-9-20-11-16;/h4-8,10,12,16,20H,2-3,9,11H2,1H3,(H,22,25);1H. The van der Waals surface area contributed by atoms with Crippen LogP contribution >= 0.6 is 12.4 Å². The maximum atomic E-state index is 12.4. The molecule has 142 valence electrons. The van der Waals surface area contributed by atoms with Crippen LogP contribution in [0.1, 0.15) is 35.3 Å². The van der Waals surface area contributed by atoms with E-state index in [9.17, 15) is 4.79 Å². The second-order valence-electron chi connectivity index (χ2n) is 6.46. The predicted molar refractivity (Wildman–Crippen MR) is 105 cm³/mol. The fourth-order valence-corrected chi connectivity index (χ4v) is 3.13. The number of carbonyl (C=O) groups excluding carboxylic acids is 1. The third-order valence-corrected chi connectivity index (χ3v) is 4.53.